The number of benzene rings is 1. The van der Waals surface area contributed by atoms with E-state index in [1.807, 2.05) is 24.3 Å². The highest BCUT2D eigenvalue weighted by Crippen LogP contribution is 2.24. The van der Waals surface area contributed by atoms with Gasteiger partial charge in [-0.3, -0.25) is 4.72 Å². The van der Waals surface area contributed by atoms with E-state index in [0.717, 1.165) is 12.8 Å². The summed E-state index contributed by atoms with van der Waals surface area (Å²) in [6.45, 7) is 8.65. The first-order valence-electron chi connectivity index (χ1n) is 7.54. The van der Waals surface area contributed by atoms with Crippen molar-refractivity contribution in [2.24, 2.45) is 0 Å². The van der Waals surface area contributed by atoms with Crippen molar-refractivity contribution in [3.05, 3.63) is 29.8 Å². The molecule has 0 aromatic heterocycles. The van der Waals surface area contributed by atoms with Crippen LogP contribution in [0.2, 0.25) is 0 Å². The van der Waals surface area contributed by atoms with Gasteiger partial charge in [-0.05, 0) is 42.9 Å². The van der Waals surface area contributed by atoms with Gasteiger partial charge in [-0.15, -0.1) is 0 Å². The van der Waals surface area contributed by atoms with Crippen molar-refractivity contribution in [1.82, 2.24) is 5.32 Å². The summed E-state index contributed by atoms with van der Waals surface area (Å²) in [5.74, 6) is 0. The largest absolute Gasteiger partial charge is 0.313 e. The van der Waals surface area contributed by atoms with E-state index < -0.39 is 15.3 Å². The molecule has 1 fully saturated rings. The Morgan fingerprint density at radius 2 is 1.76 bits per heavy atom. The van der Waals surface area contributed by atoms with Gasteiger partial charge in [-0.2, -0.15) is 0 Å². The summed E-state index contributed by atoms with van der Waals surface area (Å²) < 4.78 is 27.2. The first-order valence-corrected chi connectivity index (χ1v) is 9.09. The Morgan fingerprint density at radius 1 is 1.19 bits per heavy atom. The number of sulfonamides is 1. The second kappa shape index (κ2) is 5.97. The molecule has 0 spiro atoms. The van der Waals surface area contributed by atoms with Gasteiger partial charge >= 0.3 is 0 Å². The fraction of sp³-hybridized carbons (Fsp3) is 0.625. The Balaban J connectivity index is 1.98. The fourth-order valence-corrected chi connectivity index (χ4v) is 3.01. The van der Waals surface area contributed by atoms with Gasteiger partial charge in [0.15, 0.2) is 0 Å². The normalized spacial score (nSPS) is 17.5. The van der Waals surface area contributed by atoms with E-state index in [4.69, 9.17) is 0 Å². The van der Waals surface area contributed by atoms with Crippen molar-refractivity contribution < 1.29 is 8.42 Å². The molecule has 0 radical (unpaired) electrons. The van der Waals surface area contributed by atoms with Crippen molar-refractivity contribution >= 4 is 15.7 Å². The van der Waals surface area contributed by atoms with Crippen molar-refractivity contribution in [3.63, 3.8) is 0 Å². The number of hydrogen-bond acceptors (Lipinski definition) is 3. The summed E-state index contributed by atoms with van der Waals surface area (Å²) >= 11 is 0. The second-order valence-electron chi connectivity index (χ2n) is 6.97. The molecule has 1 aromatic carbocycles. The van der Waals surface area contributed by atoms with Crippen molar-refractivity contribution in [2.75, 3.05) is 11.3 Å². The van der Waals surface area contributed by atoms with Crippen LogP contribution >= 0.6 is 0 Å². The predicted octanol–water partition coefficient (Wildman–Crippen LogP) is 2.87. The average Bonchev–Trinajstić information content (AvgIpc) is 3.19. The Hall–Kier alpha value is -1.07. The van der Waals surface area contributed by atoms with E-state index in [2.05, 4.69) is 30.8 Å². The average molecular weight is 310 g/mol. The van der Waals surface area contributed by atoms with Gasteiger partial charge in [0.25, 0.3) is 0 Å². The maximum Gasteiger partial charge on any atom is 0.236 e. The summed E-state index contributed by atoms with van der Waals surface area (Å²) in [7, 11) is -3.34. The molecule has 0 bridgehead atoms. The molecule has 1 unspecified atom stereocenters. The van der Waals surface area contributed by atoms with Gasteiger partial charge in [0, 0.05) is 18.3 Å². The van der Waals surface area contributed by atoms with Gasteiger partial charge in [-0.25, -0.2) is 8.42 Å². The standard InChI is InChI=1S/C16H26N2O2S/c1-12(11-17-14-9-10-14)21(19,20)18-15-7-5-13(6-8-15)16(2,3)4/h5-8,12,14,17-18H,9-11H2,1-4H3. The van der Waals surface area contributed by atoms with Crippen LogP contribution in [0.1, 0.15) is 46.1 Å². The zero-order valence-corrected chi connectivity index (χ0v) is 14.1. The van der Waals surface area contributed by atoms with E-state index in [1.54, 1.807) is 6.92 Å². The molecule has 118 valence electrons. The summed E-state index contributed by atoms with van der Waals surface area (Å²) in [6, 6.07) is 8.14. The minimum atomic E-state index is -3.34. The molecule has 5 heteroatoms. The first-order chi connectivity index (χ1) is 9.68. The molecule has 2 N–H and O–H groups in total. The molecule has 21 heavy (non-hydrogen) atoms. The quantitative estimate of drug-likeness (QED) is 0.849. The van der Waals surface area contributed by atoms with Crippen LogP contribution in [0, 0.1) is 0 Å². The SMILES string of the molecule is CC(CNC1CC1)S(=O)(=O)Nc1ccc(C(C)(C)C)cc1. The van der Waals surface area contributed by atoms with Crippen LogP contribution in [-0.2, 0) is 15.4 Å². The minimum absolute atomic E-state index is 0.0683. The van der Waals surface area contributed by atoms with Crippen LogP contribution < -0.4 is 10.0 Å². The zero-order chi connectivity index (χ0) is 15.7. The highest BCUT2D eigenvalue weighted by Gasteiger charge is 2.25. The van der Waals surface area contributed by atoms with Gasteiger partial charge in [0.1, 0.15) is 0 Å². The minimum Gasteiger partial charge on any atom is -0.313 e. The van der Waals surface area contributed by atoms with Crippen LogP contribution in [0.15, 0.2) is 24.3 Å². The lowest BCUT2D eigenvalue weighted by molar-refractivity contribution is 0.576. The summed E-state index contributed by atoms with van der Waals surface area (Å²) in [5, 5.41) is 2.81. The number of nitrogens with one attached hydrogen (secondary N) is 2. The molecule has 0 aliphatic heterocycles. The van der Waals surface area contributed by atoms with Crippen LogP contribution in [0.25, 0.3) is 0 Å². The molecule has 4 nitrogen and oxygen atoms in total. The van der Waals surface area contributed by atoms with Crippen LogP contribution in [0.5, 0.6) is 0 Å². The predicted molar refractivity (Wildman–Crippen MR) is 88.2 cm³/mol. The van der Waals surface area contributed by atoms with Crippen LogP contribution in [-0.4, -0.2) is 26.3 Å². The lowest BCUT2D eigenvalue weighted by atomic mass is 9.87. The van der Waals surface area contributed by atoms with Gasteiger partial charge in [-0.1, -0.05) is 32.9 Å². The molecule has 1 atom stereocenters. The smallest absolute Gasteiger partial charge is 0.236 e. The first kappa shape index (κ1) is 16.3. The van der Waals surface area contributed by atoms with Crippen molar-refractivity contribution in [1.29, 1.82) is 0 Å². The van der Waals surface area contributed by atoms with E-state index >= 15 is 0 Å². The molecule has 1 aliphatic carbocycles. The Labute approximate surface area is 128 Å². The number of hydrogen-bond donors (Lipinski definition) is 2. The third kappa shape index (κ3) is 4.71. The third-order valence-electron chi connectivity index (χ3n) is 3.81. The molecule has 0 heterocycles. The molecule has 1 aliphatic rings. The van der Waals surface area contributed by atoms with E-state index in [9.17, 15) is 8.42 Å². The van der Waals surface area contributed by atoms with Gasteiger partial charge < -0.3 is 5.32 Å². The highest BCUT2D eigenvalue weighted by molar-refractivity contribution is 7.93. The van der Waals surface area contributed by atoms with E-state index in [0.29, 0.717) is 18.3 Å². The van der Waals surface area contributed by atoms with Gasteiger partial charge in [0.2, 0.25) is 10.0 Å². The molecule has 0 amide bonds. The fourth-order valence-electron chi connectivity index (χ4n) is 2.03. The summed E-state index contributed by atoms with van der Waals surface area (Å²) in [4.78, 5) is 0. The third-order valence-corrected chi connectivity index (χ3v) is 5.56. The molecule has 1 aromatic rings. The van der Waals surface area contributed by atoms with E-state index in [1.165, 1.54) is 5.56 Å². The molecule has 0 saturated heterocycles. The van der Waals surface area contributed by atoms with Crippen LogP contribution in [0.3, 0.4) is 0 Å². The van der Waals surface area contributed by atoms with Crippen LogP contribution in [0.4, 0.5) is 5.69 Å². The van der Waals surface area contributed by atoms with Crippen molar-refractivity contribution in [3.8, 4) is 0 Å². The highest BCUT2D eigenvalue weighted by atomic mass is 32.2. The monoisotopic (exact) mass is 310 g/mol. The van der Waals surface area contributed by atoms with Gasteiger partial charge in [0.05, 0.1) is 5.25 Å². The Kier molecular flexibility index (Phi) is 4.63. The molecule has 2 rings (SSSR count). The lowest BCUT2D eigenvalue weighted by Gasteiger charge is -2.20. The Bertz CT molecular complexity index is 569. The maximum atomic E-state index is 12.3. The lowest BCUT2D eigenvalue weighted by Crippen LogP contribution is -2.35. The Morgan fingerprint density at radius 3 is 2.24 bits per heavy atom. The number of anilines is 1. The summed E-state index contributed by atoms with van der Waals surface area (Å²) in [5.41, 5.74) is 1.88. The second-order valence-corrected chi connectivity index (χ2v) is 9.07. The zero-order valence-electron chi connectivity index (χ0n) is 13.3. The van der Waals surface area contributed by atoms with E-state index in [-0.39, 0.29) is 5.41 Å². The topological polar surface area (TPSA) is 58.2 Å². The maximum absolute atomic E-state index is 12.3. The summed E-state index contributed by atoms with van der Waals surface area (Å²) in [6.07, 6.45) is 2.32. The molecular weight excluding hydrogens is 284 g/mol. The molecule has 1 saturated carbocycles. The van der Waals surface area contributed by atoms with Crippen molar-refractivity contribution in [2.45, 2.75) is 57.2 Å². The molecular formula is C16H26N2O2S. The number of rotatable bonds is 6.